The fourth-order valence-electron chi connectivity index (χ4n) is 9.25. The van der Waals surface area contributed by atoms with Gasteiger partial charge in [-0.2, -0.15) is 0 Å². The quantitative estimate of drug-likeness (QED) is 0.161. The number of hydrogen-bond donors (Lipinski definition) is 0. The van der Waals surface area contributed by atoms with Gasteiger partial charge < -0.3 is 4.42 Å². The molecular weight excluding hydrogens is 689 g/mol. The summed E-state index contributed by atoms with van der Waals surface area (Å²) in [6.07, 6.45) is 0. The van der Waals surface area contributed by atoms with Gasteiger partial charge in [0.1, 0.15) is 11.2 Å². The van der Waals surface area contributed by atoms with Gasteiger partial charge in [-0.3, -0.25) is 0 Å². The van der Waals surface area contributed by atoms with Gasteiger partial charge in [0.15, 0.2) is 0 Å². The minimum absolute atomic E-state index is 0.909. The Morgan fingerprint density at radius 2 is 0.860 bits per heavy atom. The number of furan rings is 1. The highest BCUT2D eigenvalue weighted by Gasteiger charge is 2.21. The minimum atomic E-state index is 0.909. The first-order valence-corrected chi connectivity index (χ1v) is 19.8. The number of benzene rings is 10. The van der Waals surface area contributed by atoms with Crippen LogP contribution in [0.5, 0.6) is 0 Å². The highest BCUT2D eigenvalue weighted by molar-refractivity contribution is 6.22. The summed E-state index contributed by atoms with van der Waals surface area (Å²) in [5, 5.41) is 9.78. The Bertz CT molecular complexity index is 3320. The molecule has 0 fully saturated rings. The average molecular weight is 727 g/mol. The van der Waals surface area contributed by atoms with Crippen molar-refractivity contribution >= 4 is 54.3 Å². The van der Waals surface area contributed by atoms with E-state index < -0.39 is 0 Å². The molecule has 0 N–H and O–H groups in total. The van der Waals surface area contributed by atoms with Crippen LogP contribution in [0.25, 0.3) is 110 Å². The van der Waals surface area contributed by atoms with Crippen LogP contribution in [0.1, 0.15) is 11.1 Å². The highest BCUT2D eigenvalue weighted by Crippen LogP contribution is 2.47. The summed E-state index contributed by atoms with van der Waals surface area (Å²) < 4.78 is 6.75. The maximum absolute atomic E-state index is 6.75. The maximum atomic E-state index is 6.75. The monoisotopic (exact) mass is 726 g/mol. The van der Waals surface area contributed by atoms with E-state index in [4.69, 9.17) is 4.42 Å². The zero-order valence-electron chi connectivity index (χ0n) is 31.9. The molecule has 0 aliphatic heterocycles. The zero-order valence-corrected chi connectivity index (χ0v) is 31.9. The molecule has 1 nitrogen and oxygen atoms in total. The predicted octanol–water partition coefficient (Wildman–Crippen LogP) is 16.0. The summed E-state index contributed by atoms with van der Waals surface area (Å²) >= 11 is 0. The Morgan fingerprint density at radius 3 is 1.54 bits per heavy atom. The molecule has 0 radical (unpaired) electrons. The summed E-state index contributed by atoms with van der Waals surface area (Å²) in [5.74, 6) is 0. The number of aryl methyl sites for hydroxylation is 2. The van der Waals surface area contributed by atoms with Crippen LogP contribution in [0, 0.1) is 13.8 Å². The normalized spacial score (nSPS) is 11.7. The molecule has 0 aliphatic carbocycles. The van der Waals surface area contributed by atoms with Crippen molar-refractivity contribution in [3.8, 4) is 55.6 Å². The standard InChI is InChI=1S/C56H38O/c1-35-15-3-6-22-44(35)50-34-51(56-53(36(50)2)49-27-11-12-28-52(49)57-56)41-19-14-21-43(33-41)55-47-25-9-7-23-45(47)54(46-24-8-10-26-48(46)55)42-20-13-18-39(32-42)40-30-29-37-16-4-5-17-38(37)31-40/h3-34H,1-2H3. The lowest BCUT2D eigenvalue weighted by atomic mass is 9.84. The third kappa shape index (κ3) is 5.39. The lowest BCUT2D eigenvalue weighted by Gasteiger charge is -2.19. The Balaban J connectivity index is 1.13. The molecule has 0 unspecified atom stereocenters. The van der Waals surface area contributed by atoms with Crippen LogP contribution in [-0.4, -0.2) is 0 Å². The van der Waals surface area contributed by atoms with E-state index in [9.17, 15) is 0 Å². The molecule has 57 heavy (non-hydrogen) atoms. The maximum Gasteiger partial charge on any atom is 0.143 e. The second-order valence-corrected chi connectivity index (χ2v) is 15.3. The second-order valence-electron chi connectivity index (χ2n) is 15.3. The fraction of sp³-hybridized carbons (Fsp3) is 0.0357. The van der Waals surface area contributed by atoms with E-state index >= 15 is 0 Å². The van der Waals surface area contributed by atoms with Crippen LogP contribution >= 0.6 is 0 Å². The van der Waals surface area contributed by atoms with E-state index in [1.165, 1.54) is 93.3 Å². The molecule has 0 saturated carbocycles. The van der Waals surface area contributed by atoms with E-state index in [2.05, 4.69) is 208 Å². The van der Waals surface area contributed by atoms with E-state index in [1.54, 1.807) is 0 Å². The van der Waals surface area contributed by atoms with Crippen LogP contribution in [-0.2, 0) is 0 Å². The van der Waals surface area contributed by atoms with Gasteiger partial charge in [-0.1, -0.05) is 164 Å². The van der Waals surface area contributed by atoms with Crippen molar-refractivity contribution < 1.29 is 4.42 Å². The molecule has 11 rings (SSSR count). The Hall–Kier alpha value is -7.22. The lowest BCUT2D eigenvalue weighted by Crippen LogP contribution is -1.93. The molecule has 1 heteroatoms. The third-order valence-electron chi connectivity index (χ3n) is 12.0. The van der Waals surface area contributed by atoms with E-state index in [-0.39, 0.29) is 0 Å². The summed E-state index contributed by atoms with van der Waals surface area (Å²) in [7, 11) is 0. The average Bonchev–Trinajstić information content (AvgIpc) is 3.66. The van der Waals surface area contributed by atoms with Gasteiger partial charge in [-0.25, -0.2) is 0 Å². The Morgan fingerprint density at radius 1 is 0.333 bits per heavy atom. The van der Waals surface area contributed by atoms with Crippen LogP contribution in [0.15, 0.2) is 199 Å². The second kappa shape index (κ2) is 13.2. The van der Waals surface area contributed by atoms with Crippen molar-refractivity contribution in [2.75, 3.05) is 0 Å². The van der Waals surface area contributed by atoms with Crippen LogP contribution in [0.2, 0.25) is 0 Å². The van der Waals surface area contributed by atoms with Crippen molar-refractivity contribution in [1.82, 2.24) is 0 Å². The summed E-state index contributed by atoms with van der Waals surface area (Å²) in [4.78, 5) is 0. The molecule has 1 aromatic heterocycles. The number of para-hydroxylation sites is 1. The van der Waals surface area contributed by atoms with Gasteiger partial charge in [0.05, 0.1) is 0 Å². The summed E-state index contributed by atoms with van der Waals surface area (Å²) in [6.45, 7) is 4.44. The van der Waals surface area contributed by atoms with Crippen molar-refractivity contribution in [3.63, 3.8) is 0 Å². The molecule has 1 heterocycles. The predicted molar refractivity (Wildman–Crippen MR) is 243 cm³/mol. The van der Waals surface area contributed by atoms with E-state index in [0.717, 1.165) is 27.7 Å². The van der Waals surface area contributed by atoms with Crippen LogP contribution < -0.4 is 0 Å². The van der Waals surface area contributed by atoms with Gasteiger partial charge in [-0.15, -0.1) is 0 Å². The molecule has 268 valence electrons. The number of fused-ring (bicyclic) bond motifs is 6. The first-order chi connectivity index (χ1) is 28.1. The van der Waals surface area contributed by atoms with E-state index in [0.29, 0.717) is 0 Å². The molecule has 0 aliphatic rings. The zero-order chi connectivity index (χ0) is 38.0. The molecule has 11 aromatic rings. The van der Waals surface area contributed by atoms with Crippen LogP contribution in [0.4, 0.5) is 0 Å². The van der Waals surface area contributed by atoms with Gasteiger partial charge >= 0.3 is 0 Å². The Kier molecular flexibility index (Phi) is 7.69. The van der Waals surface area contributed by atoms with Crippen molar-refractivity contribution in [3.05, 3.63) is 205 Å². The van der Waals surface area contributed by atoms with Gasteiger partial charge in [0.2, 0.25) is 0 Å². The third-order valence-corrected chi connectivity index (χ3v) is 12.0. The molecule has 0 spiro atoms. The van der Waals surface area contributed by atoms with Gasteiger partial charge in [0.25, 0.3) is 0 Å². The largest absolute Gasteiger partial charge is 0.455 e. The Labute approximate surface area is 332 Å². The van der Waals surface area contributed by atoms with Crippen LogP contribution in [0.3, 0.4) is 0 Å². The number of rotatable bonds is 5. The fourth-order valence-corrected chi connectivity index (χ4v) is 9.25. The van der Waals surface area contributed by atoms with E-state index in [1.807, 2.05) is 0 Å². The molecule has 0 atom stereocenters. The van der Waals surface area contributed by atoms with Crippen molar-refractivity contribution in [2.24, 2.45) is 0 Å². The van der Waals surface area contributed by atoms with Gasteiger partial charge in [0, 0.05) is 16.3 Å². The summed E-state index contributed by atoms with van der Waals surface area (Å²) in [5.41, 5.74) is 16.4. The highest BCUT2D eigenvalue weighted by atomic mass is 16.3. The SMILES string of the molecule is Cc1ccccc1-c1cc(-c2cccc(-c3c4ccccc4c(-c4cccc(-c5ccc6ccccc6c5)c4)c4ccccc34)c2)c2oc3ccccc3c2c1C. The smallest absolute Gasteiger partial charge is 0.143 e. The first-order valence-electron chi connectivity index (χ1n) is 19.8. The first kappa shape index (κ1) is 33.1. The molecule has 0 amide bonds. The van der Waals surface area contributed by atoms with Gasteiger partial charge in [-0.05, 0) is 138 Å². The van der Waals surface area contributed by atoms with Crippen molar-refractivity contribution in [2.45, 2.75) is 13.8 Å². The topological polar surface area (TPSA) is 13.1 Å². The molecular formula is C56H38O. The molecule has 10 aromatic carbocycles. The van der Waals surface area contributed by atoms with Crippen molar-refractivity contribution in [1.29, 1.82) is 0 Å². The summed E-state index contributed by atoms with van der Waals surface area (Å²) in [6, 6.07) is 70.8. The molecule has 0 bridgehead atoms. The minimum Gasteiger partial charge on any atom is -0.455 e. The lowest BCUT2D eigenvalue weighted by molar-refractivity contribution is 0.670. The number of hydrogen-bond acceptors (Lipinski definition) is 1. The molecule has 0 saturated heterocycles.